The molecule has 0 aliphatic heterocycles. The summed E-state index contributed by atoms with van der Waals surface area (Å²) in [7, 11) is -3.74. The Labute approximate surface area is 168 Å². The van der Waals surface area contributed by atoms with Crippen LogP contribution in [0.4, 0.5) is 0 Å². The number of primary sulfonamides is 1. The predicted molar refractivity (Wildman–Crippen MR) is 107 cm³/mol. The Morgan fingerprint density at radius 3 is 1.97 bits per heavy atom. The molecule has 0 fully saturated rings. The Hall–Kier alpha value is -3.36. The molecule has 0 aliphatic rings. The summed E-state index contributed by atoms with van der Waals surface area (Å²) < 4.78 is 38.6. The van der Waals surface area contributed by atoms with E-state index in [0.29, 0.717) is 22.8 Å². The van der Waals surface area contributed by atoms with E-state index in [0.717, 1.165) is 0 Å². The lowest BCUT2D eigenvalue weighted by Gasteiger charge is -2.09. The zero-order chi connectivity index (χ0) is 20.7. The van der Waals surface area contributed by atoms with Crippen molar-refractivity contribution in [3.05, 3.63) is 84.4 Å². The van der Waals surface area contributed by atoms with E-state index < -0.39 is 16.0 Å². The summed E-state index contributed by atoms with van der Waals surface area (Å²) in [6.07, 6.45) is 0. The van der Waals surface area contributed by atoms with Gasteiger partial charge in [-0.2, -0.15) is 0 Å². The maximum Gasteiger partial charge on any atom is 0.338 e. The van der Waals surface area contributed by atoms with Gasteiger partial charge in [0.2, 0.25) is 10.0 Å². The average molecular weight is 413 g/mol. The Morgan fingerprint density at radius 2 is 1.34 bits per heavy atom. The second-order valence-corrected chi connectivity index (χ2v) is 7.50. The van der Waals surface area contributed by atoms with E-state index in [1.165, 1.54) is 24.3 Å². The highest BCUT2D eigenvalue weighted by Crippen LogP contribution is 2.21. The lowest BCUT2D eigenvalue weighted by Crippen LogP contribution is -2.13. The van der Waals surface area contributed by atoms with Gasteiger partial charge in [-0.1, -0.05) is 18.2 Å². The Bertz CT molecular complexity index is 1050. The fourth-order valence-electron chi connectivity index (χ4n) is 2.39. The molecule has 0 bridgehead atoms. The van der Waals surface area contributed by atoms with Gasteiger partial charge in [0.05, 0.1) is 10.5 Å². The van der Waals surface area contributed by atoms with Crippen LogP contribution in [-0.4, -0.2) is 27.6 Å². The molecule has 150 valence electrons. The molecule has 29 heavy (non-hydrogen) atoms. The van der Waals surface area contributed by atoms with E-state index in [2.05, 4.69) is 0 Å². The maximum atomic E-state index is 12.1. The summed E-state index contributed by atoms with van der Waals surface area (Å²) in [6, 6.07) is 21.6. The molecule has 0 unspecified atom stereocenters. The molecule has 7 nitrogen and oxygen atoms in total. The number of nitrogens with two attached hydrogens (primary N) is 1. The van der Waals surface area contributed by atoms with Gasteiger partial charge >= 0.3 is 5.97 Å². The number of benzene rings is 3. The number of ether oxygens (including phenoxy) is 3. The largest absolute Gasteiger partial charge is 0.490 e. The minimum Gasteiger partial charge on any atom is -0.490 e. The van der Waals surface area contributed by atoms with Gasteiger partial charge in [0.15, 0.2) is 0 Å². The summed E-state index contributed by atoms with van der Waals surface area (Å²) in [5.41, 5.74) is 0.392. The fraction of sp³-hybridized carbons (Fsp3) is 0.0952. The van der Waals surface area contributed by atoms with Gasteiger partial charge in [-0.25, -0.2) is 18.4 Å². The highest BCUT2D eigenvalue weighted by Gasteiger charge is 2.09. The second-order valence-electron chi connectivity index (χ2n) is 5.94. The van der Waals surface area contributed by atoms with Crippen LogP contribution >= 0.6 is 0 Å². The van der Waals surface area contributed by atoms with E-state index in [-0.39, 0.29) is 18.1 Å². The third-order valence-corrected chi connectivity index (χ3v) is 4.74. The van der Waals surface area contributed by atoms with E-state index in [1.807, 2.05) is 30.3 Å². The number of esters is 1. The smallest absolute Gasteiger partial charge is 0.338 e. The number of rotatable bonds is 8. The predicted octanol–water partition coefficient (Wildman–Crippen LogP) is 3.36. The topological polar surface area (TPSA) is 105 Å². The van der Waals surface area contributed by atoms with Crippen molar-refractivity contribution in [3.63, 3.8) is 0 Å². The summed E-state index contributed by atoms with van der Waals surface area (Å²) in [5, 5.41) is 5.03. The van der Waals surface area contributed by atoms with Crippen molar-refractivity contribution in [1.29, 1.82) is 0 Å². The highest BCUT2D eigenvalue weighted by atomic mass is 32.2. The van der Waals surface area contributed by atoms with E-state index >= 15 is 0 Å². The monoisotopic (exact) mass is 413 g/mol. The van der Waals surface area contributed by atoms with Crippen molar-refractivity contribution in [2.45, 2.75) is 4.90 Å². The van der Waals surface area contributed by atoms with Crippen molar-refractivity contribution >= 4 is 16.0 Å². The molecule has 0 aromatic heterocycles. The van der Waals surface area contributed by atoms with Crippen molar-refractivity contribution in [2.75, 3.05) is 13.2 Å². The number of hydrogen-bond acceptors (Lipinski definition) is 6. The van der Waals surface area contributed by atoms with Crippen molar-refractivity contribution in [3.8, 4) is 17.2 Å². The SMILES string of the molecule is NS(=O)(=O)c1ccc(OCCOC(=O)c2ccc(Oc3ccccc3)cc2)cc1. The fourth-order valence-corrected chi connectivity index (χ4v) is 2.90. The molecule has 0 saturated carbocycles. The molecule has 0 amide bonds. The molecule has 0 spiro atoms. The first kappa shape index (κ1) is 20.4. The van der Waals surface area contributed by atoms with Crippen LogP contribution in [0.2, 0.25) is 0 Å². The average Bonchev–Trinajstić information content (AvgIpc) is 2.72. The highest BCUT2D eigenvalue weighted by molar-refractivity contribution is 7.89. The summed E-state index contributed by atoms with van der Waals surface area (Å²) in [5.74, 6) is 1.27. The zero-order valence-electron chi connectivity index (χ0n) is 15.4. The van der Waals surface area contributed by atoms with Crippen LogP contribution in [-0.2, 0) is 14.8 Å². The molecular weight excluding hydrogens is 394 g/mol. The van der Waals surface area contributed by atoms with Crippen molar-refractivity contribution in [1.82, 2.24) is 0 Å². The molecule has 0 saturated heterocycles. The quantitative estimate of drug-likeness (QED) is 0.448. The van der Waals surface area contributed by atoms with E-state index in [9.17, 15) is 13.2 Å². The van der Waals surface area contributed by atoms with Crippen LogP contribution in [0.15, 0.2) is 83.8 Å². The van der Waals surface area contributed by atoms with Crippen LogP contribution < -0.4 is 14.6 Å². The van der Waals surface area contributed by atoms with E-state index in [4.69, 9.17) is 19.3 Å². The number of carbonyl (C=O) groups excluding carboxylic acids is 1. The number of carbonyl (C=O) groups is 1. The minimum absolute atomic E-state index is 0.00373. The molecule has 0 atom stereocenters. The summed E-state index contributed by atoms with van der Waals surface area (Å²) >= 11 is 0. The van der Waals surface area contributed by atoms with Crippen LogP contribution in [0.5, 0.6) is 17.2 Å². The molecule has 8 heteroatoms. The lowest BCUT2D eigenvalue weighted by molar-refractivity contribution is 0.0450. The lowest BCUT2D eigenvalue weighted by atomic mass is 10.2. The first-order valence-corrected chi connectivity index (χ1v) is 10.2. The molecule has 3 aromatic carbocycles. The molecule has 3 aromatic rings. The van der Waals surface area contributed by atoms with Gasteiger partial charge in [0, 0.05) is 0 Å². The first-order valence-electron chi connectivity index (χ1n) is 8.67. The Morgan fingerprint density at radius 1 is 0.759 bits per heavy atom. The number of hydrogen-bond donors (Lipinski definition) is 1. The van der Waals surface area contributed by atoms with Crippen LogP contribution in [0.25, 0.3) is 0 Å². The normalized spacial score (nSPS) is 10.9. The standard InChI is InChI=1S/C21H19NO6S/c22-29(24,25)20-12-10-17(11-13-20)26-14-15-27-21(23)16-6-8-19(9-7-16)28-18-4-2-1-3-5-18/h1-13H,14-15H2,(H2,22,24,25). The third kappa shape index (κ3) is 6.06. The zero-order valence-corrected chi connectivity index (χ0v) is 16.2. The van der Waals surface area contributed by atoms with Gasteiger partial charge in [0.1, 0.15) is 30.5 Å². The summed E-state index contributed by atoms with van der Waals surface area (Å²) in [4.78, 5) is 12.1. The van der Waals surface area contributed by atoms with Crippen LogP contribution in [0.3, 0.4) is 0 Å². The third-order valence-electron chi connectivity index (χ3n) is 3.81. The van der Waals surface area contributed by atoms with Gasteiger partial charge in [-0.3, -0.25) is 0 Å². The maximum absolute atomic E-state index is 12.1. The van der Waals surface area contributed by atoms with Gasteiger partial charge in [-0.05, 0) is 60.7 Å². The molecule has 3 rings (SSSR count). The Kier molecular flexibility index (Phi) is 6.48. The van der Waals surface area contributed by atoms with Crippen LogP contribution in [0.1, 0.15) is 10.4 Å². The molecule has 0 radical (unpaired) electrons. The van der Waals surface area contributed by atoms with Gasteiger partial charge in [0.25, 0.3) is 0 Å². The molecule has 2 N–H and O–H groups in total. The van der Waals surface area contributed by atoms with Crippen molar-refractivity contribution in [2.24, 2.45) is 5.14 Å². The first-order chi connectivity index (χ1) is 13.9. The minimum atomic E-state index is -3.74. The summed E-state index contributed by atoms with van der Waals surface area (Å²) in [6.45, 7) is 0.160. The molecule has 0 heterocycles. The second kappa shape index (κ2) is 9.22. The Balaban J connectivity index is 1.44. The van der Waals surface area contributed by atoms with Crippen molar-refractivity contribution < 1.29 is 27.4 Å². The van der Waals surface area contributed by atoms with Crippen LogP contribution in [0, 0.1) is 0 Å². The van der Waals surface area contributed by atoms with Gasteiger partial charge < -0.3 is 14.2 Å². The molecule has 0 aliphatic carbocycles. The number of sulfonamides is 1. The number of para-hydroxylation sites is 1. The molecular formula is C21H19NO6S. The van der Waals surface area contributed by atoms with Gasteiger partial charge in [-0.15, -0.1) is 0 Å². The van der Waals surface area contributed by atoms with E-state index in [1.54, 1.807) is 24.3 Å².